The molecule has 0 unspecified atom stereocenters. The van der Waals surface area contributed by atoms with E-state index >= 15 is 0 Å². The lowest BCUT2D eigenvalue weighted by Gasteiger charge is -2.29. The maximum absolute atomic E-state index is 12.4. The summed E-state index contributed by atoms with van der Waals surface area (Å²) in [6, 6.07) is 8.59. The zero-order valence-corrected chi connectivity index (χ0v) is 21.8. The number of hydrogen-bond acceptors (Lipinski definition) is 6. The number of benzene rings is 2. The Balaban J connectivity index is 1.47. The lowest BCUT2D eigenvalue weighted by atomic mass is 10.0. The largest absolute Gasteiger partial charge is 0.494 e. The van der Waals surface area contributed by atoms with E-state index in [-0.39, 0.29) is 6.09 Å². The van der Waals surface area contributed by atoms with Crippen LogP contribution in [0.5, 0.6) is 5.75 Å². The van der Waals surface area contributed by atoms with Gasteiger partial charge >= 0.3 is 6.09 Å². The van der Waals surface area contributed by atoms with Crippen LogP contribution in [0.15, 0.2) is 36.5 Å². The van der Waals surface area contributed by atoms with Crippen molar-refractivity contribution in [2.24, 2.45) is 7.05 Å². The molecule has 0 spiro atoms. The van der Waals surface area contributed by atoms with Crippen LogP contribution in [0.1, 0.15) is 37.8 Å². The van der Waals surface area contributed by atoms with Gasteiger partial charge in [-0.1, -0.05) is 6.08 Å². The molecule has 0 bridgehead atoms. The SMILES string of the molecule is COc1cc(-c2cc(C)c3nn(C)cc3c2)cc2sc(C3=CCN(C(=O)OC(C)(C)C)CC3)nc12. The molecule has 1 amide bonds. The Morgan fingerprint density at radius 1 is 1.11 bits per heavy atom. The zero-order chi connectivity index (χ0) is 24.9. The first-order valence-corrected chi connectivity index (χ1v) is 12.5. The number of aryl methyl sites for hydroxylation is 2. The molecule has 1 aliphatic heterocycles. The van der Waals surface area contributed by atoms with E-state index in [0.29, 0.717) is 13.1 Å². The fraction of sp³-hybridized carbons (Fsp3) is 0.370. The van der Waals surface area contributed by atoms with Gasteiger partial charge in [-0.3, -0.25) is 4.68 Å². The molecule has 35 heavy (non-hydrogen) atoms. The molecule has 2 aromatic carbocycles. The topological polar surface area (TPSA) is 69.5 Å². The van der Waals surface area contributed by atoms with Gasteiger partial charge in [0.05, 0.1) is 17.3 Å². The van der Waals surface area contributed by atoms with Crippen LogP contribution in [0.25, 0.3) is 37.8 Å². The number of ether oxygens (including phenoxy) is 2. The Labute approximate surface area is 209 Å². The quantitative estimate of drug-likeness (QED) is 0.342. The molecule has 4 aromatic rings. The van der Waals surface area contributed by atoms with Gasteiger partial charge in [-0.15, -0.1) is 11.3 Å². The number of amides is 1. The molecule has 2 aromatic heterocycles. The van der Waals surface area contributed by atoms with Crippen LogP contribution in [-0.2, 0) is 11.8 Å². The number of hydrogen-bond donors (Lipinski definition) is 0. The summed E-state index contributed by atoms with van der Waals surface area (Å²) >= 11 is 1.66. The van der Waals surface area contributed by atoms with Crippen LogP contribution >= 0.6 is 11.3 Å². The molecule has 7 nitrogen and oxygen atoms in total. The van der Waals surface area contributed by atoms with Crippen molar-refractivity contribution in [1.29, 1.82) is 0 Å². The van der Waals surface area contributed by atoms with Crippen LogP contribution in [0.4, 0.5) is 4.79 Å². The van der Waals surface area contributed by atoms with Gasteiger partial charge in [0.25, 0.3) is 0 Å². The van der Waals surface area contributed by atoms with Gasteiger partial charge in [0, 0.05) is 31.7 Å². The molecule has 0 N–H and O–H groups in total. The fourth-order valence-electron chi connectivity index (χ4n) is 4.41. The minimum absolute atomic E-state index is 0.274. The average molecular weight is 491 g/mol. The van der Waals surface area contributed by atoms with E-state index in [4.69, 9.17) is 14.5 Å². The van der Waals surface area contributed by atoms with Gasteiger partial charge < -0.3 is 14.4 Å². The van der Waals surface area contributed by atoms with Crippen molar-refractivity contribution in [3.8, 4) is 16.9 Å². The summed E-state index contributed by atoms with van der Waals surface area (Å²) in [5.74, 6) is 0.760. The van der Waals surface area contributed by atoms with E-state index in [1.807, 2.05) is 38.7 Å². The normalized spacial score (nSPS) is 14.5. The first-order valence-electron chi connectivity index (χ1n) is 11.7. The summed E-state index contributed by atoms with van der Waals surface area (Å²) < 4.78 is 14.2. The van der Waals surface area contributed by atoms with Gasteiger partial charge in [0.15, 0.2) is 0 Å². The van der Waals surface area contributed by atoms with E-state index in [2.05, 4.69) is 42.4 Å². The van der Waals surface area contributed by atoms with Crippen molar-refractivity contribution >= 4 is 44.1 Å². The predicted octanol–water partition coefficient (Wildman–Crippen LogP) is 6.19. The molecular formula is C27H30N4O3S. The Morgan fingerprint density at radius 3 is 2.57 bits per heavy atom. The maximum atomic E-state index is 12.4. The zero-order valence-electron chi connectivity index (χ0n) is 21.0. The first kappa shape index (κ1) is 23.4. The van der Waals surface area contributed by atoms with Gasteiger partial charge in [-0.25, -0.2) is 9.78 Å². The number of aromatic nitrogens is 3. The first-order chi connectivity index (χ1) is 16.6. The Hall–Kier alpha value is -3.39. The number of rotatable bonds is 3. The van der Waals surface area contributed by atoms with Crippen molar-refractivity contribution in [2.45, 2.75) is 39.7 Å². The van der Waals surface area contributed by atoms with Crippen LogP contribution in [0.3, 0.4) is 0 Å². The third kappa shape index (κ3) is 4.62. The summed E-state index contributed by atoms with van der Waals surface area (Å²) in [6.07, 6.45) is 4.59. The van der Waals surface area contributed by atoms with Crippen molar-refractivity contribution in [1.82, 2.24) is 19.7 Å². The number of carbonyl (C=O) groups excluding carboxylic acids is 1. The molecular weight excluding hydrogens is 460 g/mol. The van der Waals surface area contributed by atoms with E-state index in [9.17, 15) is 4.79 Å². The van der Waals surface area contributed by atoms with Crippen LogP contribution in [0.2, 0.25) is 0 Å². The van der Waals surface area contributed by atoms with E-state index in [1.165, 1.54) is 0 Å². The maximum Gasteiger partial charge on any atom is 0.410 e. The standard InChI is InChI=1S/C27H30N4O3S/c1-16-11-18(12-20-15-30(5)29-23(16)20)19-13-21(33-6)24-22(14-19)35-25(28-24)17-7-9-31(10-8-17)26(32)34-27(2,3)4/h7,11-15H,8-10H2,1-6H3. The van der Waals surface area contributed by atoms with Crippen LogP contribution in [-0.4, -0.2) is 51.6 Å². The summed E-state index contributed by atoms with van der Waals surface area (Å²) in [4.78, 5) is 19.1. The van der Waals surface area contributed by atoms with Gasteiger partial charge in [0.1, 0.15) is 21.9 Å². The number of nitrogens with zero attached hydrogens (tertiary/aromatic N) is 4. The average Bonchev–Trinajstić information content (AvgIpc) is 3.40. The molecule has 182 valence electrons. The third-order valence-corrected chi connectivity index (χ3v) is 7.14. The highest BCUT2D eigenvalue weighted by atomic mass is 32.1. The molecule has 0 saturated heterocycles. The summed E-state index contributed by atoms with van der Waals surface area (Å²) in [5, 5.41) is 6.65. The van der Waals surface area contributed by atoms with Crippen molar-refractivity contribution in [2.75, 3.05) is 20.2 Å². The van der Waals surface area contributed by atoms with Gasteiger partial charge in [0.2, 0.25) is 0 Å². The van der Waals surface area contributed by atoms with Crippen LogP contribution in [0, 0.1) is 6.92 Å². The second-order valence-corrected chi connectivity index (χ2v) is 11.0. The monoisotopic (exact) mass is 490 g/mol. The highest BCUT2D eigenvalue weighted by Crippen LogP contribution is 2.39. The lowest BCUT2D eigenvalue weighted by Crippen LogP contribution is -2.39. The molecule has 0 saturated carbocycles. The van der Waals surface area contributed by atoms with E-state index < -0.39 is 5.60 Å². The minimum atomic E-state index is -0.498. The van der Waals surface area contributed by atoms with Gasteiger partial charge in [-0.05, 0) is 80.6 Å². The highest BCUT2D eigenvalue weighted by molar-refractivity contribution is 7.19. The summed E-state index contributed by atoms with van der Waals surface area (Å²) in [7, 11) is 3.63. The minimum Gasteiger partial charge on any atom is -0.494 e. The van der Waals surface area contributed by atoms with Crippen LogP contribution < -0.4 is 4.74 Å². The Bertz CT molecular complexity index is 1480. The van der Waals surface area contributed by atoms with Crippen molar-refractivity contribution in [3.63, 3.8) is 0 Å². The number of carbonyl (C=O) groups is 1. The second-order valence-electron chi connectivity index (χ2n) is 9.98. The highest BCUT2D eigenvalue weighted by Gasteiger charge is 2.25. The van der Waals surface area contributed by atoms with Crippen molar-refractivity contribution < 1.29 is 14.3 Å². The molecule has 8 heteroatoms. The molecule has 1 aliphatic rings. The number of thiazole rings is 1. The lowest BCUT2D eigenvalue weighted by molar-refractivity contribution is 0.0270. The Kier molecular flexibility index (Phi) is 5.79. The molecule has 0 atom stereocenters. The van der Waals surface area contributed by atoms with Crippen molar-refractivity contribution in [3.05, 3.63) is 47.1 Å². The van der Waals surface area contributed by atoms with Gasteiger partial charge in [-0.2, -0.15) is 5.10 Å². The van der Waals surface area contributed by atoms with E-state index in [1.54, 1.807) is 23.3 Å². The Morgan fingerprint density at radius 2 is 1.89 bits per heavy atom. The molecule has 0 aliphatic carbocycles. The number of methoxy groups -OCH3 is 1. The number of fused-ring (bicyclic) bond motifs is 2. The molecule has 3 heterocycles. The third-order valence-electron chi connectivity index (χ3n) is 6.06. The van der Waals surface area contributed by atoms with E-state index in [0.717, 1.165) is 60.6 Å². The predicted molar refractivity (Wildman–Crippen MR) is 141 cm³/mol. The second kappa shape index (κ2) is 8.68. The smallest absolute Gasteiger partial charge is 0.410 e. The molecule has 0 fully saturated rings. The molecule has 0 radical (unpaired) electrons. The molecule has 5 rings (SSSR count). The fourth-order valence-corrected chi connectivity index (χ4v) is 5.50. The summed E-state index contributed by atoms with van der Waals surface area (Å²) in [6.45, 7) is 8.88. The summed E-state index contributed by atoms with van der Waals surface area (Å²) in [5.41, 5.74) is 5.91.